The second-order valence-electron chi connectivity index (χ2n) is 2.72. The highest BCUT2D eigenvalue weighted by Gasteiger charge is 2.09. The zero-order chi connectivity index (χ0) is 9.68. The van der Waals surface area contributed by atoms with Gasteiger partial charge in [0.05, 0.1) is 12.6 Å². The van der Waals surface area contributed by atoms with Crippen molar-refractivity contribution in [1.82, 2.24) is 10.3 Å². The number of hydrogen-bond acceptors (Lipinski definition) is 3. The molecule has 1 aromatic heterocycles. The lowest BCUT2D eigenvalue weighted by Crippen LogP contribution is -2.28. The summed E-state index contributed by atoms with van der Waals surface area (Å²) in [5, 5.41) is 11.6. The molecule has 1 aromatic rings. The topological polar surface area (TPSA) is 62.2 Å². The molecule has 0 aromatic carbocycles. The van der Waals surface area contributed by atoms with Gasteiger partial charge in [-0.15, -0.1) is 0 Å². The Hall–Kier alpha value is -1.42. The summed E-state index contributed by atoms with van der Waals surface area (Å²) in [5.41, 5.74) is 0.854. The molecule has 0 bridgehead atoms. The second kappa shape index (κ2) is 4.57. The number of pyridine rings is 1. The minimum atomic E-state index is -0.333. The molecule has 0 fully saturated rings. The number of nitrogens with zero attached hydrogens (tertiary/aromatic N) is 1. The van der Waals surface area contributed by atoms with Gasteiger partial charge in [-0.1, -0.05) is 0 Å². The Morgan fingerprint density at radius 3 is 2.69 bits per heavy atom. The van der Waals surface area contributed by atoms with Crippen molar-refractivity contribution in [3.63, 3.8) is 0 Å². The third-order valence-corrected chi connectivity index (χ3v) is 1.67. The van der Waals surface area contributed by atoms with Gasteiger partial charge in [-0.2, -0.15) is 0 Å². The highest BCUT2D eigenvalue weighted by molar-refractivity contribution is 5.73. The summed E-state index contributed by atoms with van der Waals surface area (Å²) in [5.74, 6) is -0.157. The maximum Gasteiger partial charge on any atom is 0.217 e. The highest BCUT2D eigenvalue weighted by Crippen LogP contribution is 2.09. The fourth-order valence-electron chi connectivity index (χ4n) is 1.08. The molecule has 13 heavy (non-hydrogen) atoms. The Labute approximate surface area is 76.6 Å². The van der Waals surface area contributed by atoms with Crippen molar-refractivity contribution in [2.75, 3.05) is 6.61 Å². The van der Waals surface area contributed by atoms with E-state index in [1.165, 1.54) is 6.92 Å². The molecule has 0 aliphatic rings. The van der Waals surface area contributed by atoms with Gasteiger partial charge in [0, 0.05) is 19.3 Å². The number of carbonyl (C=O) groups excluding carboxylic acids is 1. The summed E-state index contributed by atoms with van der Waals surface area (Å²) in [4.78, 5) is 14.6. The summed E-state index contributed by atoms with van der Waals surface area (Å²) in [6.07, 6.45) is 3.25. The van der Waals surface area contributed by atoms with Crippen LogP contribution < -0.4 is 5.32 Å². The van der Waals surface area contributed by atoms with Gasteiger partial charge in [0.15, 0.2) is 0 Å². The average Bonchev–Trinajstić information content (AvgIpc) is 2.15. The molecule has 2 N–H and O–H groups in total. The number of amides is 1. The minimum Gasteiger partial charge on any atom is -0.394 e. The van der Waals surface area contributed by atoms with Crippen molar-refractivity contribution in [1.29, 1.82) is 0 Å². The molecule has 4 nitrogen and oxygen atoms in total. The van der Waals surface area contributed by atoms with E-state index >= 15 is 0 Å². The summed E-state index contributed by atoms with van der Waals surface area (Å²) >= 11 is 0. The fourth-order valence-corrected chi connectivity index (χ4v) is 1.08. The van der Waals surface area contributed by atoms with Crippen LogP contribution in [0.2, 0.25) is 0 Å². The molecule has 0 aliphatic heterocycles. The summed E-state index contributed by atoms with van der Waals surface area (Å²) < 4.78 is 0. The fraction of sp³-hybridized carbons (Fsp3) is 0.333. The van der Waals surface area contributed by atoms with Crippen LogP contribution in [0.5, 0.6) is 0 Å². The predicted octanol–water partition coefficient (Wildman–Crippen LogP) is 0.251. The molecule has 1 rings (SSSR count). The van der Waals surface area contributed by atoms with Crippen LogP contribution in [0.4, 0.5) is 0 Å². The maximum absolute atomic E-state index is 10.7. The smallest absolute Gasteiger partial charge is 0.217 e. The SMILES string of the molecule is CC(=O)N[C@@H](CO)c1ccncc1. The Morgan fingerprint density at radius 1 is 1.62 bits per heavy atom. The second-order valence-corrected chi connectivity index (χ2v) is 2.72. The normalized spacial score (nSPS) is 12.2. The number of rotatable bonds is 3. The summed E-state index contributed by atoms with van der Waals surface area (Å²) in [6, 6.07) is 3.19. The average molecular weight is 180 g/mol. The van der Waals surface area contributed by atoms with Crippen molar-refractivity contribution in [2.45, 2.75) is 13.0 Å². The Kier molecular flexibility index (Phi) is 3.40. The molecular weight excluding hydrogens is 168 g/mol. The van der Waals surface area contributed by atoms with E-state index in [2.05, 4.69) is 10.3 Å². The van der Waals surface area contributed by atoms with Gasteiger partial charge in [-0.3, -0.25) is 9.78 Å². The van der Waals surface area contributed by atoms with Crippen LogP contribution in [0.15, 0.2) is 24.5 Å². The van der Waals surface area contributed by atoms with E-state index in [9.17, 15) is 4.79 Å². The molecule has 1 heterocycles. The van der Waals surface area contributed by atoms with Gasteiger partial charge in [0.2, 0.25) is 5.91 Å². The molecule has 0 saturated heterocycles. The molecule has 0 saturated carbocycles. The first-order valence-electron chi connectivity index (χ1n) is 4.02. The minimum absolute atomic E-state index is 0.108. The number of hydrogen-bond donors (Lipinski definition) is 2. The molecule has 70 valence electrons. The first-order chi connectivity index (χ1) is 6.24. The van der Waals surface area contributed by atoms with Crippen molar-refractivity contribution in [3.8, 4) is 0 Å². The molecule has 0 aliphatic carbocycles. The van der Waals surface area contributed by atoms with Crippen LogP contribution in [0, 0.1) is 0 Å². The molecule has 1 amide bonds. The lowest BCUT2D eigenvalue weighted by molar-refractivity contribution is -0.120. The Bertz CT molecular complexity index is 274. The first-order valence-corrected chi connectivity index (χ1v) is 4.02. The lowest BCUT2D eigenvalue weighted by atomic mass is 10.1. The largest absolute Gasteiger partial charge is 0.394 e. The molecule has 0 spiro atoms. The van der Waals surface area contributed by atoms with Gasteiger partial charge in [0.1, 0.15) is 0 Å². The Morgan fingerprint density at radius 2 is 2.23 bits per heavy atom. The van der Waals surface area contributed by atoms with Gasteiger partial charge >= 0.3 is 0 Å². The van der Waals surface area contributed by atoms with Crippen LogP contribution in [0.1, 0.15) is 18.5 Å². The highest BCUT2D eigenvalue weighted by atomic mass is 16.3. The van der Waals surface area contributed by atoms with Crippen molar-refractivity contribution < 1.29 is 9.90 Å². The van der Waals surface area contributed by atoms with E-state index in [0.29, 0.717) is 0 Å². The van der Waals surface area contributed by atoms with Gasteiger partial charge in [0.25, 0.3) is 0 Å². The van der Waals surface area contributed by atoms with Crippen LogP contribution in [0.3, 0.4) is 0 Å². The third-order valence-electron chi connectivity index (χ3n) is 1.67. The van der Waals surface area contributed by atoms with E-state index in [4.69, 9.17) is 5.11 Å². The first kappa shape index (κ1) is 9.67. The standard InChI is InChI=1S/C9H12N2O2/c1-7(13)11-9(6-12)8-2-4-10-5-3-8/h2-5,9,12H,6H2,1H3,(H,11,13)/t9-/m0/s1. The van der Waals surface area contributed by atoms with E-state index in [0.717, 1.165) is 5.56 Å². The lowest BCUT2D eigenvalue weighted by Gasteiger charge is -2.14. The number of aromatic nitrogens is 1. The van der Waals surface area contributed by atoms with Crippen molar-refractivity contribution in [3.05, 3.63) is 30.1 Å². The van der Waals surface area contributed by atoms with E-state index in [1.54, 1.807) is 24.5 Å². The Balaban J connectivity index is 2.73. The third kappa shape index (κ3) is 2.83. The summed E-state index contributed by atoms with van der Waals surface area (Å²) in [6.45, 7) is 1.31. The quantitative estimate of drug-likeness (QED) is 0.701. The monoisotopic (exact) mass is 180 g/mol. The molecular formula is C9H12N2O2. The maximum atomic E-state index is 10.7. The van der Waals surface area contributed by atoms with Crippen LogP contribution in [0.25, 0.3) is 0 Å². The van der Waals surface area contributed by atoms with Crippen LogP contribution >= 0.6 is 0 Å². The van der Waals surface area contributed by atoms with Crippen molar-refractivity contribution >= 4 is 5.91 Å². The molecule has 1 atom stereocenters. The zero-order valence-electron chi connectivity index (χ0n) is 7.40. The number of aliphatic hydroxyl groups is 1. The van der Waals surface area contributed by atoms with Gasteiger partial charge in [-0.25, -0.2) is 0 Å². The van der Waals surface area contributed by atoms with Gasteiger partial charge < -0.3 is 10.4 Å². The van der Waals surface area contributed by atoms with E-state index in [-0.39, 0.29) is 18.6 Å². The van der Waals surface area contributed by atoms with E-state index < -0.39 is 0 Å². The summed E-state index contributed by atoms with van der Waals surface area (Å²) in [7, 11) is 0. The van der Waals surface area contributed by atoms with Crippen LogP contribution in [-0.2, 0) is 4.79 Å². The van der Waals surface area contributed by atoms with E-state index in [1.807, 2.05) is 0 Å². The molecule has 0 unspecified atom stereocenters. The van der Waals surface area contributed by atoms with Gasteiger partial charge in [-0.05, 0) is 17.7 Å². The number of carbonyl (C=O) groups is 1. The number of aliphatic hydroxyl groups excluding tert-OH is 1. The zero-order valence-corrected chi connectivity index (χ0v) is 7.40. The molecule has 0 radical (unpaired) electrons. The molecule has 4 heteroatoms. The predicted molar refractivity (Wildman–Crippen MR) is 47.9 cm³/mol. The van der Waals surface area contributed by atoms with Crippen molar-refractivity contribution in [2.24, 2.45) is 0 Å². The van der Waals surface area contributed by atoms with Crippen LogP contribution in [-0.4, -0.2) is 22.6 Å². The number of nitrogens with one attached hydrogen (secondary N) is 1.